The number of hydrogen-bond acceptors (Lipinski definition) is 3. The third kappa shape index (κ3) is 5.23. The van der Waals surface area contributed by atoms with Crippen LogP contribution in [0.4, 0.5) is 0 Å². The summed E-state index contributed by atoms with van der Waals surface area (Å²) in [5.41, 5.74) is 3.45. The fourth-order valence-electron chi connectivity index (χ4n) is 2.05. The van der Waals surface area contributed by atoms with Gasteiger partial charge in [0.2, 0.25) is 0 Å². The van der Waals surface area contributed by atoms with Crippen molar-refractivity contribution >= 4 is 11.8 Å². The average Bonchev–Trinajstić information content (AvgIpc) is 2.19. The molecule has 0 radical (unpaired) electrons. The molecule has 15 heavy (non-hydrogen) atoms. The quantitative estimate of drug-likeness (QED) is 0.576. The van der Waals surface area contributed by atoms with Gasteiger partial charge in [0.25, 0.3) is 0 Å². The molecule has 0 amide bonds. The van der Waals surface area contributed by atoms with Crippen molar-refractivity contribution in [2.45, 2.75) is 64.2 Å². The Bertz CT molecular complexity index is 171. The van der Waals surface area contributed by atoms with E-state index in [0.717, 1.165) is 5.25 Å². The van der Waals surface area contributed by atoms with E-state index >= 15 is 0 Å². The Labute approximate surface area is 98.7 Å². The van der Waals surface area contributed by atoms with Gasteiger partial charge in [-0.15, -0.1) is 0 Å². The van der Waals surface area contributed by atoms with Crippen LogP contribution in [0.3, 0.4) is 0 Å². The van der Waals surface area contributed by atoms with Gasteiger partial charge >= 0.3 is 0 Å². The average molecular weight is 230 g/mol. The van der Waals surface area contributed by atoms with Gasteiger partial charge < -0.3 is 0 Å². The Hall–Kier alpha value is 0.270. The highest BCUT2D eigenvalue weighted by Crippen LogP contribution is 2.31. The molecule has 1 heterocycles. The zero-order valence-corrected chi connectivity index (χ0v) is 11.2. The second-order valence-corrected chi connectivity index (χ2v) is 7.12. The molecule has 1 aliphatic rings. The van der Waals surface area contributed by atoms with Crippen molar-refractivity contribution in [2.75, 3.05) is 5.75 Å². The third-order valence-electron chi connectivity index (χ3n) is 3.08. The molecular formula is C12H26N2S. The molecule has 0 aromatic carbocycles. The number of nitrogens with two attached hydrogens (primary N) is 1. The van der Waals surface area contributed by atoms with Gasteiger partial charge in [-0.25, -0.2) is 0 Å². The van der Waals surface area contributed by atoms with Crippen molar-refractivity contribution in [3.8, 4) is 0 Å². The first kappa shape index (κ1) is 13.3. The largest absolute Gasteiger partial charge is 0.271 e. The van der Waals surface area contributed by atoms with E-state index in [9.17, 15) is 0 Å². The zero-order chi connectivity index (χ0) is 11.3. The second kappa shape index (κ2) is 6.12. The molecule has 0 aromatic rings. The van der Waals surface area contributed by atoms with E-state index < -0.39 is 0 Å². The van der Waals surface area contributed by atoms with Crippen LogP contribution in [-0.4, -0.2) is 17.0 Å². The van der Waals surface area contributed by atoms with Crippen molar-refractivity contribution in [1.29, 1.82) is 0 Å². The highest BCUT2D eigenvalue weighted by molar-refractivity contribution is 8.00. The van der Waals surface area contributed by atoms with Crippen LogP contribution in [0.1, 0.15) is 52.9 Å². The minimum absolute atomic E-state index is 0.425. The van der Waals surface area contributed by atoms with Gasteiger partial charge in [-0.1, -0.05) is 27.2 Å². The van der Waals surface area contributed by atoms with Gasteiger partial charge in [-0.3, -0.25) is 11.3 Å². The van der Waals surface area contributed by atoms with Gasteiger partial charge in [0.1, 0.15) is 0 Å². The molecule has 0 saturated carbocycles. The highest BCUT2D eigenvalue weighted by atomic mass is 32.2. The Balaban J connectivity index is 2.34. The molecule has 2 atom stereocenters. The van der Waals surface area contributed by atoms with Crippen LogP contribution in [0.5, 0.6) is 0 Å². The van der Waals surface area contributed by atoms with E-state index in [-0.39, 0.29) is 0 Å². The molecule has 0 spiro atoms. The van der Waals surface area contributed by atoms with Crippen LogP contribution in [0.2, 0.25) is 0 Å². The van der Waals surface area contributed by atoms with Crippen molar-refractivity contribution < 1.29 is 0 Å². The summed E-state index contributed by atoms with van der Waals surface area (Å²) in [6.07, 6.45) is 6.56. The van der Waals surface area contributed by atoms with Crippen LogP contribution in [0.15, 0.2) is 0 Å². The van der Waals surface area contributed by atoms with E-state index in [0.29, 0.717) is 11.5 Å². The zero-order valence-electron chi connectivity index (χ0n) is 10.4. The lowest BCUT2D eigenvalue weighted by atomic mass is 9.87. The first-order valence-corrected chi connectivity index (χ1v) is 7.15. The highest BCUT2D eigenvalue weighted by Gasteiger charge is 2.24. The van der Waals surface area contributed by atoms with Gasteiger partial charge in [0, 0.05) is 11.3 Å². The molecule has 0 aliphatic carbocycles. The molecule has 2 nitrogen and oxygen atoms in total. The topological polar surface area (TPSA) is 38.0 Å². The molecule has 3 heteroatoms. The maximum atomic E-state index is 5.67. The van der Waals surface area contributed by atoms with E-state index in [1.165, 1.54) is 37.9 Å². The van der Waals surface area contributed by atoms with Crippen molar-refractivity contribution in [2.24, 2.45) is 11.3 Å². The van der Waals surface area contributed by atoms with Gasteiger partial charge in [0.15, 0.2) is 0 Å². The number of rotatable bonds is 4. The first-order chi connectivity index (χ1) is 7.03. The van der Waals surface area contributed by atoms with Crippen molar-refractivity contribution in [3.05, 3.63) is 0 Å². The second-order valence-electron chi connectivity index (χ2n) is 5.78. The Morgan fingerprint density at radius 3 is 2.60 bits per heavy atom. The Morgan fingerprint density at radius 2 is 2.13 bits per heavy atom. The summed E-state index contributed by atoms with van der Waals surface area (Å²) in [6, 6.07) is 0.509. The molecule has 3 N–H and O–H groups in total. The number of nitrogens with one attached hydrogen (secondary N) is 1. The lowest BCUT2D eigenvalue weighted by Gasteiger charge is -2.31. The summed E-state index contributed by atoms with van der Waals surface area (Å²) in [4.78, 5) is 0. The van der Waals surface area contributed by atoms with E-state index in [2.05, 4.69) is 38.0 Å². The van der Waals surface area contributed by atoms with Gasteiger partial charge in [-0.2, -0.15) is 11.8 Å². The maximum absolute atomic E-state index is 5.67. The normalized spacial score (nSPS) is 25.2. The third-order valence-corrected chi connectivity index (χ3v) is 4.60. The summed E-state index contributed by atoms with van der Waals surface area (Å²) in [5.74, 6) is 6.99. The van der Waals surface area contributed by atoms with Crippen LogP contribution >= 0.6 is 11.8 Å². The summed E-state index contributed by atoms with van der Waals surface area (Å²) in [7, 11) is 0. The fraction of sp³-hybridized carbons (Fsp3) is 1.00. The molecule has 1 fully saturated rings. The minimum atomic E-state index is 0.425. The molecular weight excluding hydrogens is 204 g/mol. The number of thioether (sulfide) groups is 1. The summed E-state index contributed by atoms with van der Waals surface area (Å²) in [6.45, 7) is 6.90. The minimum Gasteiger partial charge on any atom is -0.271 e. The monoisotopic (exact) mass is 230 g/mol. The molecule has 0 aromatic heterocycles. The smallest absolute Gasteiger partial charge is 0.0329 e. The van der Waals surface area contributed by atoms with Gasteiger partial charge in [-0.05, 0) is 36.9 Å². The Kier molecular flexibility index (Phi) is 5.44. The SMILES string of the molecule is CC(C)(C)CCC(NN)C1CCCCS1. The molecule has 1 rings (SSSR count). The molecule has 1 aliphatic heterocycles. The standard InChI is InChI=1S/C12H26N2S/c1-12(2,3)8-7-10(14-13)11-6-4-5-9-15-11/h10-11,14H,4-9,13H2,1-3H3. The molecule has 1 saturated heterocycles. The summed E-state index contributed by atoms with van der Waals surface area (Å²) < 4.78 is 0. The van der Waals surface area contributed by atoms with E-state index in [1.807, 2.05) is 0 Å². The number of hydrogen-bond donors (Lipinski definition) is 2. The van der Waals surface area contributed by atoms with Crippen LogP contribution in [-0.2, 0) is 0 Å². The summed E-state index contributed by atoms with van der Waals surface area (Å²) >= 11 is 2.10. The molecule has 0 bridgehead atoms. The number of hydrazine groups is 1. The van der Waals surface area contributed by atoms with E-state index in [1.54, 1.807) is 0 Å². The first-order valence-electron chi connectivity index (χ1n) is 6.11. The van der Waals surface area contributed by atoms with Crippen LogP contribution < -0.4 is 11.3 Å². The van der Waals surface area contributed by atoms with Crippen LogP contribution in [0.25, 0.3) is 0 Å². The predicted molar refractivity (Wildman–Crippen MR) is 69.9 cm³/mol. The van der Waals surface area contributed by atoms with Gasteiger partial charge in [0.05, 0.1) is 0 Å². The van der Waals surface area contributed by atoms with Crippen molar-refractivity contribution in [3.63, 3.8) is 0 Å². The molecule has 90 valence electrons. The predicted octanol–water partition coefficient (Wildman–Crippen LogP) is 2.93. The van der Waals surface area contributed by atoms with E-state index in [4.69, 9.17) is 5.84 Å². The lowest BCUT2D eigenvalue weighted by molar-refractivity contribution is 0.323. The lowest BCUT2D eigenvalue weighted by Crippen LogP contribution is -2.44. The van der Waals surface area contributed by atoms with Crippen LogP contribution in [0, 0.1) is 5.41 Å². The fourth-order valence-corrected chi connectivity index (χ4v) is 3.50. The molecule has 2 unspecified atom stereocenters. The van der Waals surface area contributed by atoms with Crippen molar-refractivity contribution in [1.82, 2.24) is 5.43 Å². The maximum Gasteiger partial charge on any atom is 0.0329 e. The Morgan fingerprint density at radius 1 is 1.40 bits per heavy atom. The summed E-state index contributed by atoms with van der Waals surface area (Å²) in [5, 5.41) is 0.742.